The van der Waals surface area contributed by atoms with Gasteiger partial charge in [-0.15, -0.1) is 0 Å². The van der Waals surface area contributed by atoms with Crippen LogP contribution in [0.2, 0.25) is 5.02 Å². The first kappa shape index (κ1) is 16.0. The highest BCUT2D eigenvalue weighted by molar-refractivity contribution is 6.30. The smallest absolute Gasteiger partial charge is 0.188 e. The summed E-state index contributed by atoms with van der Waals surface area (Å²) in [5.41, 5.74) is 0.455. The summed E-state index contributed by atoms with van der Waals surface area (Å²) >= 11 is 5.85. The van der Waals surface area contributed by atoms with E-state index in [4.69, 9.17) is 21.1 Å². The van der Waals surface area contributed by atoms with Crippen LogP contribution >= 0.6 is 11.6 Å². The number of benzene rings is 2. The minimum Gasteiger partial charge on any atom is -0.496 e. The third-order valence-electron chi connectivity index (χ3n) is 3.29. The van der Waals surface area contributed by atoms with Crippen molar-refractivity contribution in [2.24, 2.45) is 0 Å². The minimum absolute atomic E-state index is 0.0910. The van der Waals surface area contributed by atoms with E-state index in [0.717, 1.165) is 0 Å². The zero-order valence-corrected chi connectivity index (χ0v) is 13.6. The van der Waals surface area contributed by atoms with Gasteiger partial charge in [-0.05, 0) is 36.4 Å². The summed E-state index contributed by atoms with van der Waals surface area (Å²) in [5.74, 6) is 1.51. The van der Waals surface area contributed by atoms with Crippen LogP contribution in [0.5, 0.6) is 17.2 Å². The third-order valence-corrected chi connectivity index (χ3v) is 3.55. The van der Waals surface area contributed by atoms with Crippen molar-refractivity contribution in [1.82, 2.24) is 14.8 Å². The summed E-state index contributed by atoms with van der Waals surface area (Å²) in [6, 6.07) is 12.1. The van der Waals surface area contributed by atoms with E-state index >= 15 is 0 Å². The largest absolute Gasteiger partial charge is 0.496 e. The number of halogens is 1. The van der Waals surface area contributed by atoms with E-state index in [-0.39, 0.29) is 12.3 Å². The van der Waals surface area contributed by atoms with Crippen LogP contribution in [-0.4, -0.2) is 27.7 Å². The zero-order chi connectivity index (χ0) is 16.9. The molecule has 122 valence electrons. The number of hydrogen-bond donors (Lipinski definition) is 0. The van der Waals surface area contributed by atoms with Gasteiger partial charge in [0.2, 0.25) is 0 Å². The number of nitrogens with zero attached hydrogens (tertiary/aromatic N) is 3. The van der Waals surface area contributed by atoms with Gasteiger partial charge in [-0.1, -0.05) is 11.6 Å². The van der Waals surface area contributed by atoms with Gasteiger partial charge in [-0.25, -0.2) is 9.67 Å². The molecular weight excluding hydrogens is 330 g/mol. The third kappa shape index (κ3) is 3.72. The molecular formula is C17H14ClN3O3. The molecule has 7 heteroatoms. The number of ketones is 1. The van der Waals surface area contributed by atoms with Gasteiger partial charge < -0.3 is 9.47 Å². The monoisotopic (exact) mass is 343 g/mol. The predicted octanol–water partition coefficient (Wildman–Crippen LogP) is 3.62. The number of Topliss-reactive ketones (excluding diaryl/α,β-unsaturated/α-hetero) is 1. The van der Waals surface area contributed by atoms with Crippen LogP contribution in [0.3, 0.4) is 0 Å². The maximum absolute atomic E-state index is 12.4. The summed E-state index contributed by atoms with van der Waals surface area (Å²) in [5, 5.41) is 4.56. The summed E-state index contributed by atoms with van der Waals surface area (Å²) < 4.78 is 12.5. The van der Waals surface area contributed by atoms with Crippen LogP contribution in [0.25, 0.3) is 0 Å². The Morgan fingerprint density at radius 1 is 1.17 bits per heavy atom. The SMILES string of the molecule is COc1cc(Oc2ccc(Cl)cc2)ccc1C(=O)Cn1cncn1. The Kier molecular flexibility index (Phi) is 4.77. The first-order valence-corrected chi connectivity index (χ1v) is 7.50. The second-order valence-electron chi connectivity index (χ2n) is 4.93. The molecule has 3 aromatic rings. The second-order valence-corrected chi connectivity index (χ2v) is 5.37. The van der Waals surface area contributed by atoms with Gasteiger partial charge in [0, 0.05) is 11.1 Å². The Morgan fingerprint density at radius 3 is 2.58 bits per heavy atom. The maximum Gasteiger partial charge on any atom is 0.188 e. The van der Waals surface area contributed by atoms with Crippen LogP contribution in [0.4, 0.5) is 0 Å². The lowest BCUT2D eigenvalue weighted by Crippen LogP contribution is -2.12. The lowest BCUT2D eigenvalue weighted by Gasteiger charge is -2.11. The van der Waals surface area contributed by atoms with Crippen molar-refractivity contribution < 1.29 is 14.3 Å². The number of methoxy groups -OCH3 is 1. The van der Waals surface area contributed by atoms with Crippen LogP contribution in [0.1, 0.15) is 10.4 Å². The first-order chi connectivity index (χ1) is 11.7. The Bertz CT molecular complexity index is 833. The Morgan fingerprint density at radius 2 is 1.92 bits per heavy atom. The summed E-state index contributed by atoms with van der Waals surface area (Å²) in [6.07, 6.45) is 2.87. The highest BCUT2D eigenvalue weighted by Crippen LogP contribution is 2.29. The number of carbonyl (C=O) groups excluding carboxylic acids is 1. The molecule has 0 N–H and O–H groups in total. The van der Waals surface area contributed by atoms with Gasteiger partial charge in [-0.2, -0.15) is 5.10 Å². The Balaban J connectivity index is 1.79. The lowest BCUT2D eigenvalue weighted by atomic mass is 10.1. The number of ether oxygens (including phenoxy) is 2. The molecule has 1 aromatic heterocycles. The van der Waals surface area contributed by atoms with Crippen LogP contribution in [-0.2, 0) is 6.54 Å². The first-order valence-electron chi connectivity index (χ1n) is 7.13. The molecule has 0 atom stereocenters. The number of rotatable bonds is 6. The quantitative estimate of drug-likeness (QED) is 0.639. The van der Waals surface area contributed by atoms with Crippen molar-refractivity contribution in [2.75, 3.05) is 7.11 Å². The molecule has 0 saturated carbocycles. The van der Waals surface area contributed by atoms with E-state index < -0.39 is 0 Å². The Labute approximate surface area is 143 Å². The topological polar surface area (TPSA) is 66.2 Å². The molecule has 0 aliphatic rings. The number of aromatic nitrogens is 3. The highest BCUT2D eigenvalue weighted by atomic mass is 35.5. The van der Waals surface area contributed by atoms with Crippen molar-refractivity contribution in [1.29, 1.82) is 0 Å². The van der Waals surface area contributed by atoms with Gasteiger partial charge in [0.05, 0.1) is 12.7 Å². The second kappa shape index (κ2) is 7.14. The van der Waals surface area contributed by atoms with Gasteiger partial charge in [0.1, 0.15) is 36.4 Å². The molecule has 0 unspecified atom stereocenters. The number of carbonyl (C=O) groups is 1. The molecule has 6 nitrogen and oxygen atoms in total. The van der Waals surface area contributed by atoms with E-state index in [1.807, 2.05) is 0 Å². The summed E-state index contributed by atoms with van der Waals surface area (Å²) in [6.45, 7) is 0.0910. The average molecular weight is 344 g/mol. The van der Waals surface area contributed by atoms with Gasteiger partial charge in [-0.3, -0.25) is 4.79 Å². The zero-order valence-electron chi connectivity index (χ0n) is 12.8. The molecule has 2 aromatic carbocycles. The summed E-state index contributed by atoms with van der Waals surface area (Å²) in [4.78, 5) is 16.2. The van der Waals surface area contributed by atoms with Gasteiger partial charge in [0.25, 0.3) is 0 Å². The average Bonchev–Trinajstić information content (AvgIpc) is 3.09. The standard InChI is InChI=1S/C17H14ClN3O3/c1-23-17-8-14(24-13-4-2-12(18)3-5-13)6-7-15(17)16(22)9-21-11-19-10-20-21/h2-8,10-11H,9H2,1H3. The number of hydrogen-bond acceptors (Lipinski definition) is 5. The lowest BCUT2D eigenvalue weighted by molar-refractivity contribution is 0.0964. The molecule has 0 radical (unpaired) electrons. The molecule has 3 rings (SSSR count). The van der Waals surface area contributed by atoms with Gasteiger partial charge in [0.15, 0.2) is 5.78 Å². The van der Waals surface area contributed by atoms with Crippen molar-refractivity contribution >= 4 is 17.4 Å². The molecule has 0 saturated heterocycles. The van der Waals surface area contributed by atoms with E-state index in [9.17, 15) is 4.79 Å². The maximum atomic E-state index is 12.4. The van der Waals surface area contributed by atoms with E-state index in [1.165, 1.54) is 24.4 Å². The van der Waals surface area contributed by atoms with Crippen molar-refractivity contribution in [3.05, 3.63) is 65.7 Å². The molecule has 0 amide bonds. The molecule has 0 bridgehead atoms. The van der Waals surface area contributed by atoms with Crippen molar-refractivity contribution in [3.63, 3.8) is 0 Å². The Hall–Kier alpha value is -2.86. The molecule has 0 fully saturated rings. The molecule has 24 heavy (non-hydrogen) atoms. The fourth-order valence-electron chi connectivity index (χ4n) is 2.15. The van der Waals surface area contributed by atoms with Crippen LogP contribution in [0, 0.1) is 0 Å². The molecule has 0 spiro atoms. The van der Waals surface area contributed by atoms with Crippen molar-refractivity contribution in [2.45, 2.75) is 6.54 Å². The highest BCUT2D eigenvalue weighted by Gasteiger charge is 2.14. The van der Waals surface area contributed by atoms with E-state index in [1.54, 1.807) is 42.5 Å². The van der Waals surface area contributed by atoms with Crippen LogP contribution < -0.4 is 9.47 Å². The minimum atomic E-state index is -0.129. The van der Waals surface area contributed by atoms with Crippen molar-refractivity contribution in [3.8, 4) is 17.2 Å². The van der Waals surface area contributed by atoms with E-state index in [0.29, 0.717) is 27.8 Å². The summed E-state index contributed by atoms with van der Waals surface area (Å²) in [7, 11) is 1.51. The van der Waals surface area contributed by atoms with E-state index in [2.05, 4.69) is 10.1 Å². The molecule has 0 aliphatic heterocycles. The predicted molar refractivity (Wildman–Crippen MR) is 88.9 cm³/mol. The molecule has 0 aliphatic carbocycles. The fourth-order valence-corrected chi connectivity index (χ4v) is 2.28. The van der Waals surface area contributed by atoms with Crippen LogP contribution in [0.15, 0.2) is 55.1 Å². The molecule has 1 heterocycles. The fraction of sp³-hybridized carbons (Fsp3) is 0.118. The normalized spacial score (nSPS) is 10.4. The van der Waals surface area contributed by atoms with Gasteiger partial charge >= 0.3 is 0 Å².